The van der Waals surface area contributed by atoms with Crippen LogP contribution in [0.25, 0.3) is 0 Å². The van der Waals surface area contributed by atoms with Crippen LogP contribution in [0.2, 0.25) is 0 Å². The largest absolute Gasteiger partial charge is 0.490 e. The first-order valence-electron chi connectivity index (χ1n) is 11.5. The molecule has 7 heteroatoms. The van der Waals surface area contributed by atoms with Crippen molar-refractivity contribution in [1.82, 2.24) is 5.32 Å². The van der Waals surface area contributed by atoms with Crippen molar-refractivity contribution in [3.8, 4) is 11.5 Å². The Hall–Kier alpha value is -4.13. The highest BCUT2D eigenvalue weighted by Gasteiger charge is 2.21. The Morgan fingerprint density at radius 2 is 1.43 bits per heavy atom. The van der Waals surface area contributed by atoms with Crippen molar-refractivity contribution in [2.45, 2.75) is 26.8 Å². The molecule has 0 aliphatic rings. The van der Waals surface area contributed by atoms with Crippen LogP contribution in [-0.2, 0) is 9.53 Å². The number of esters is 1. The number of nitrogens with one attached hydrogen (secondary N) is 1. The van der Waals surface area contributed by atoms with Gasteiger partial charge in [-0.3, -0.25) is 9.59 Å². The van der Waals surface area contributed by atoms with Crippen LogP contribution in [0.3, 0.4) is 0 Å². The van der Waals surface area contributed by atoms with E-state index in [-0.39, 0.29) is 23.0 Å². The predicted octanol–water partition coefficient (Wildman–Crippen LogP) is 4.75. The van der Waals surface area contributed by atoms with Gasteiger partial charge in [-0.2, -0.15) is 0 Å². The van der Waals surface area contributed by atoms with E-state index in [1.165, 1.54) is 6.07 Å². The average molecular weight is 476 g/mol. The molecule has 35 heavy (non-hydrogen) atoms. The van der Waals surface area contributed by atoms with Crippen LogP contribution >= 0.6 is 0 Å². The highest BCUT2D eigenvalue weighted by molar-refractivity contribution is 6.14. The maximum absolute atomic E-state index is 13.3. The lowest BCUT2D eigenvalue weighted by Crippen LogP contribution is -2.31. The number of hydrogen-bond donors (Lipinski definition) is 1. The number of rotatable bonds is 11. The minimum Gasteiger partial charge on any atom is -0.490 e. The minimum atomic E-state index is -0.757. The molecular weight excluding hydrogens is 446 g/mol. The van der Waals surface area contributed by atoms with Gasteiger partial charge in [-0.25, -0.2) is 4.79 Å². The highest BCUT2D eigenvalue weighted by atomic mass is 16.5. The molecule has 0 heterocycles. The van der Waals surface area contributed by atoms with E-state index in [0.717, 1.165) is 5.56 Å². The van der Waals surface area contributed by atoms with E-state index in [4.69, 9.17) is 14.2 Å². The van der Waals surface area contributed by atoms with Gasteiger partial charge in [0.25, 0.3) is 5.91 Å². The second kappa shape index (κ2) is 12.4. The molecule has 0 radical (unpaired) electrons. The molecule has 3 rings (SSSR count). The van der Waals surface area contributed by atoms with Crippen LogP contribution in [0.5, 0.6) is 11.5 Å². The van der Waals surface area contributed by atoms with Crippen LogP contribution in [-0.4, -0.2) is 37.5 Å². The molecule has 0 aromatic heterocycles. The molecule has 1 unspecified atom stereocenters. The zero-order valence-corrected chi connectivity index (χ0v) is 20.1. The summed E-state index contributed by atoms with van der Waals surface area (Å²) in [6.45, 7) is 5.95. The molecule has 0 saturated heterocycles. The maximum atomic E-state index is 13.3. The zero-order chi connectivity index (χ0) is 25.2. The molecule has 1 N–H and O–H groups in total. The van der Waals surface area contributed by atoms with Crippen LogP contribution < -0.4 is 14.8 Å². The Balaban J connectivity index is 1.71. The summed E-state index contributed by atoms with van der Waals surface area (Å²) in [5.74, 6) is -0.582. The molecule has 0 bridgehead atoms. The number of ether oxygens (including phenoxy) is 3. The fourth-order valence-electron chi connectivity index (χ4n) is 3.52. The van der Waals surface area contributed by atoms with E-state index in [0.29, 0.717) is 30.3 Å². The maximum Gasteiger partial charge on any atom is 0.339 e. The quantitative estimate of drug-likeness (QED) is 0.318. The molecule has 0 fully saturated rings. The number of hydrogen-bond acceptors (Lipinski definition) is 6. The van der Waals surface area contributed by atoms with Gasteiger partial charge in [-0.05, 0) is 50.6 Å². The molecule has 3 aromatic rings. The molecule has 182 valence electrons. The molecule has 0 saturated carbocycles. The van der Waals surface area contributed by atoms with Crippen LogP contribution in [0.4, 0.5) is 0 Å². The summed E-state index contributed by atoms with van der Waals surface area (Å²) in [7, 11) is 0. The monoisotopic (exact) mass is 475 g/mol. The van der Waals surface area contributed by atoms with Crippen LogP contribution in [0.15, 0.2) is 72.8 Å². The predicted molar refractivity (Wildman–Crippen MR) is 132 cm³/mol. The molecule has 0 aliphatic carbocycles. The molecule has 1 atom stereocenters. The Kier molecular flexibility index (Phi) is 9.01. The topological polar surface area (TPSA) is 90.9 Å². The first-order chi connectivity index (χ1) is 16.9. The van der Waals surface area contributed by atoms with Gasteiger partial charge in [0, 0.05) is 11.1 Å². The van der Waals surface area contributed by atoms with Gasteiger partial charge in [0.05, 0.1) is 24.8 Å². The molecule has 7 nitrogen and oxygen atoms in total. The summed E-state index contributed by atoms with van der Waals surface area (Å²) in [5, 5.41) is 2.79. The normalized spacial score (nSPS) is 11.3. The second-order valence-corrected chi connectivity index (χ2v) is 7.68. The number of amides is 1. The Morgan fingerprint density at radius 1 is 0.800 bits per heavy atom. The van der Waals surface area contributed by atoms with Crippen LogP contribution in [0.1, 0.15) is 58.7 Å². The second-order valence-electron chi connectivity index (χ2n) is 7.68. The average Bonchev–Trinajstić information content (AvgIpc) is 2.88. The van der Waals surface area contributed by atoms with Gasteiger partial charge < -0.3 is 19.5 Å². The summed E-state index contributed by atoms with van der Waals surface area (Å²) >= 11 is 0. The van der Waals surface area contributed by atoms with Crippen molar-refractivity contribution in [3.05, 3.63) is 95.1 Å². The summed E-state index contributed by atoms with van der Waals surface area (Å²) in [6, 6.07) is 20.4. The molecule has 3 aromatic carbocycles. The highest BCUT2D eigenvalue weighted by Crippen LogP contribution is 2.30. The Morgan fingerprint density at radius 3 is 2.11 bits per heavy atom. The minimum absolute atomic E-state index is 0.0771. The van der Waals surface area contributed by atoms with Crippen molar-refractivity contribution in [3.63, 3.8) is 0 Å². The van der Waals surface area contributed by atoms with Gasteiger partial charge in [0.1, 0.15) is 0 Å². The van der Waals surface area contributed by atoms with Crippen molar-refractivity contribution < 1.29 is 28.6 Å². The summed E-state index contributed by atoms with van der Waals surface area (Å²) in [4.78, 5) is 38.3. The Bertz CT molecular complexity index is 1180. The third-order valence-corrected chi connectivity index (χ3v) is 5.21. The van der Waals surface area contributed by atoms with E-state index in [9.17, 15) is 14.4 Å². The van der Waals surface area contributed by atoms with Gasteiger partial charge in [0.15, 0.2) is 23.9 Å². The lowest BCUT2D eigenvalue weighted by molar-refractivity contribution is -0.124. The summed E-state index contributed by atoms with van der Waals surface area (Å²) < 4.78 is 16.4. The van der Waals surface area contributed by atoms with Crippen molar-refractivity contribution in [2.24, 2.45) is 0 Å². The SMILES string of the molecule is CCOc1ccc(C(=O)c2ccccc2C(=O)OCC(=O)NC(C)c2ccccc2)cc1OCC. The molecule has 1 amide bonds. The molecule has 0 spiro atoms. The molecule has 0 aliphatic heterocycles. The molecular formula is C28H29NO6. The number of ketones is 1. The number of carbonyl (C=O) groups is 3. The van der Waals surface area contributed by atoms with Gasteiger partial charge in [0.2, 0.25) is 0 Å². The number of carbonyl (C=O) groups excluding carboxylic acids is 3. The fourth-order valence-corrected chi connectivity index (χ4v) is 3.52. The third-order valence-electron chi connectivity index (χ3n) is 5.21. The first kappa shape index (κ1) is 25.5. The zero-order valence-electron chi connectivity index (χ0n) is 20.1. The smallest absolute Gasteiger partial charge is 0.339 e. The van der Waals surface area contributed by atoms with E-state index in [1.807, 2.05) is 51.1 Å². The number of benzene rings is 3. The lowest BCUT2D eigenvalue weighted by Gasteiger charge is -2.15. The standard InChI is InChI=1S/C28H29NO6/c1-4-33-24-16-15-21(17-25(24)34-5-2)27(31)22-13-9-10-14-23(22)28(32)35-18-26(30)29-19(3)20-11-7-6-8-12-20/h6-17,19H,4-5,18H2,1-3H3,(H,29,30). The van der Waals surface area contributed by atoms with E-state index in [2.05, 4.69) is 5.32 Å². The fraction of sp³-hybridized carbons (Fsp3) is 0.250. The third kappa shape index (κ3) is 6.69. The van der Waals surface area contributed by atoms with Crippen molar-refractivity contribution >= 4 is 17.7 Å². The van der Waals surface area contributed by atoms with Gasteiger partial charge in [-0.1, -0.05) is 48.5 Å². The summed E-state index contributed by atoms with van der Waals surface area (Å²) in [6.07, 6.45) is 0. The van der Waals surface area contributed by atoms with E-state index in [1.54, 1.807) is 36.4 Å². The summed E-state index contributed by atoms with van der Waals surface area (Å²) in [5.41, 5.74) is 1.52. The van der Waals surface area contributed by atoms with Gasteiger partial charge in [-0.15, -0.1) is 0 Å². The lowest BCUT2D eigenvalue weighted by atomic mass is 9.98. The van der Waals surface area contributed by atoms with E-state index >= 15 is 0 Å². The van der Waals surface area contributed by atoms with Crippen molar-refractivity contribution in [2.75, 3.05) is 19.8 Å². The van der Waals surface area contributed by atoms with Crippen molar-refractivity contribution in [1.29, 1.82) is 0 Å². The van der Waals surface area contributed by atoms with Gasteiger partial charge >= 0.3 is 5.97 Å². The van der Waals surface area contributed by atoms with Crippen LogP contribution in [0, 0.1) is 0 Å². The van der Waals surface area contributed by atoms with E-state index < -0.39 is 18.5 Å². The Labute approximate surface area is 205 Å². The first-order valence-corrected chi connectivity index (χ1v) is 11.5.